The van der Waals surface area contributed by atoms with Crippen LogP contribution in [-0.4, -0.2) is 71.3 Å². The molecule has 0 saturated carbocycles. The summed E-state index contributed by atoms with van der Waals surface area (Å²) in [6.07, 6.45) is 4.48. The van der Waals surface area contributed by atoms with Crippen LogP contribution < -0.4 is 9.47 Å². The molecule has 0 aliphatic carbocycles. The number of likely N-dealkylation sites (tertiary alicyclic amines) is 1. The first-order valence-electron chi connectivity index (χ1n) is 9.55. The number of hydrogen-bond acceptors (Lipinski definition) is 7. The molecule has 2 aliphatic rings. The van der Waals surface area contributed by atoms with Crippen LogP contribution in [0.2, 0.25) is 0 Å². The van der Waals surface area contributed by atoms with Gasteiger partial charge in [0.05, 0.1) is 15.6 Å². The number of ether oxygens (including phenoxy) is 2. The maximum absolute atomic E-state index is 12.7. The maximum Gasteiger partial charge on any atom is 0.341 e. The predicted molar refractivity (Wildman–Crippen MR) is 122 cm³/mol. The van der Waals surface area contributed by atoms with Gasteiger partial charge in [-0.2, -0.15) is 0 Å². The zero-order valence-corrected chi connectivity index (χ0v) is 19.7. The fraction of sp³-hybridized carbons (Fsp3) is 0.400. The Morgan fingerprint density at radius 1 is 1.23 bits per heavy atom. The highest BCUT2D eigenvalue weighted by Gasteiger charge is 2.37. The van der Waals surface area contributed by atoms with Gasteiger partial charge in [0.1, 0.15) is 6.54 Å². The quantitative estimate of drug-likeness (QED) is 0.400. The van der Waals surface area contributed by atoms with E-state index in [-0.39, 0.29) is 23.1 Å². The fourth-order valence-electron chi connectivity index (χ4n) is 3.26. The number of carbonyl (C=O) groups excluding carboxylic acids is 3. The van der Waals surface area contributed by atoms with Crippen molar-refractivity contribution in [2.45, 2.75) is 19.3 Å². The molecule has 1 N–H and O–H groups in total. The number of rotatable bonds is 7. The molecule has 3 rings (SSSR count). The van der Waals surface area contributed by atoms with Crippen molar-refractivity contribution >= 4 is 63.5 Å². The molecule has 3 amide bonds. The number of halogens is 1. The first-order valence-corrected chi connectivity index (χ1v) is 11.4. The smallest absolute Gasteiger partial charge is 0.341 e. The van der Waals surface area contributed by atoms with Crippen LogP contribution in [0, 0.1) is 3.57 Å². The number of piperidine rings is 1. The Morgan fingerprint density at radius 3 is 2.58 bits per heavy atom. The lowest BCUT2D eigenvalue weighted by Crippen LogP contribution is -2.44. The second-order valence-electron chi connectivity index (χ2n) is 6.93. The van der Waals surface area contributed by atoms with Gasteiger partial charge in [-0.25, -0.2) is 4.79 Å². The fourth-order valence-corrected chi connectivity index (χ4v) is 4.88. The molecular weight excluding hydrogens is 539 g/mol. The number of carboxylic acid groups (broad SMARTS) is 1. The third-order valence-electron chi connectivity index (χ3n) is 4.77. The number of aliphatic carboxylic acids is 1. The number of thioether (sulfide) groups is 1. The average Bonchev–Trinajstić information content (AvgIpc) is 3.00. The summed E-state index contributed by atoms with van der Waals surface area (Å²) < 4.78 is 11.1. The molecule has 0 aromatic heterocycles. The van der Waals surface area contributed by atoms with E-state index in [2.05, 4.69) is 0 Å². The van der Waals surface area contributed by atoms with Crippen LogP contribution in [0.25, 0.3) is 6.08 Å². The summed E-state index contributed by atoms with van der Waals surface area (Å²) in [6.45, 7) is 0.527. The van der Waals surface area contributed by atoms with E-state index in [9.17, 15) is 19.2 Å². The number of hydrogen-bond donors (Lipinski definition) is 1. The Balaban J connectivity index is 1.76. The maximum atomic E-state index is 12.7. The van der Waals surface area contributed by atoms with Crippen molar-refractivity contribution in [2.75, 3.05) is 33.4 Å². The number of carboxylic acids is 1. The Labute approximate surface area is 196 Å². The number of imide groups is 1. The topological polar surface area (TPSA) is 113 Å². The lowest BCUT2D eigenvalue weighted by Gasteiger charge is -2.27. The summed E-state index contributed by atoms with van der Waals surface area (Å²) in [5.74, 6) is -1.27. The molecule has 31 heavy (non-hydrogen) atoms. The van der Waals surface area contributed by atoms with Crippen molar-refractivity contribution in [3.8, 4) is 11.5 Å². The number of carbonyl (C=O) groups is 4. The highest BCUT2D eigenvalue weighted by Crippen LogP contribution is 2.37. The van der Waals surface area contributed by atoms with Crippen LogP contribution in [0.15, 0.2) is 17.0 Å². The molecule has 0 radical (unpaired) electrons. The summed E-state index contributed by atoms with van der Waals surface area (Å²) in [5.41, 5.74) is 0.580. The van der Waals surface area contributed by atoms with Crippen LogP contribution in [-0.2, 0) is 14.4 Å². The standard InChI is InChI=1S/C20H21IN2O7S/c1-29-14-8-12(7-13(21)18(14)30-11-17(25)26)9-15-19(27)23(20(28)31-15)10-16(24)22-5-3-2-4-6-22/h7-9H,2-6,10-11H2,1H3,(H,25,26)/b15-9-. The first kappa shape index (κ1) is 23.4. The lowest BCUT2D eigenvalue weighted by molar-refractivity contribution is -0.139. The van der Waals surface area contributed by atoms with Crippen molar-refractivity contribution in [3.05, 3.63) is 26.2 Å². The Morgan fingerprint density at radius 2 is 1.94 bits per heavy atom. The van der Waals surface area contributed by atoms with E-state index in [1.54, 1.807) is 23.1 Å². The lowest BCUT2D eigenvalue weighted by atomic mass is 10.1. The van der Waals surface area contributed by atoms with E-state index in [4.69, 9.17) is 14.6 Å². The van der Waals surface area contributed by atoms with Crippen molar-refractivity contribution in [1.29, 1.82) is 0 Å². The van der Waals surface area contributed by atoms with Gasteiger partial charge in [-0.3, -0.25) is 19.3 Å². The van der Waals surface area contributed by atoms with E-state index in [0.29, 0.717) is 28.0 Å². The number of amides is 3. The average molecular weight is 560 g/mol. The van der Waals surface area contributed by atoms with Crippen LogP contribution in [0.5, 0.6) is 11.5 Å². The molecule has 2 aliphatic heterocycles. The van der Waals surface area contributed by atoms with Gasteiger partial charge in [0.2, 0.25) is 5.91 Å². The summed E-state index contributed by atoms with van der Waals surface area (Å²) in [5, 5.41) is 8.33. The minimum Gasteiger partial charge on any atom is -0.493 e. The zero-order chi connectivity index (χ0) is 22.5. The highest BCUT2D eigenvalue weighted by atomic mass is 127. The van der Waals surface area contributed by atoms with Gasteiger partial charge in [0.25, 0.3) is 11.1 Å². The molecule has 2 saturated heterocycles. The van der Waals surface area contributed by atoms with Gasteiger partial charge in [0, 0.05) is 13.1 Å². The van der Waals surface area contributed by atoms with Gasteiger partial charge in [-0.15, -0.1) is 0 Å². The molecule has 2 fully saturated rings. The Kier molecular flexibility index (Phi) is 7.81. The molecule has 0 spiro atoms. The Bertz CT molecular complexity index is 944. The molecule has 11 heteroatoms. The normalized spacial score (nSPS) is 17.9. The van der Waals surface area contributed by atoms with Crippen LogP contribution >= 0.6 is 34.4 Å². The van der Waals surface area contributed by atoms with E-state index in [0.717, 1.165) is 35.9 Å². The van der Waals surface area contributed by atoms with Crippen LogP contribution in [0.1, 0.15) is 24.8 Å². The number of nitrogens with zero attached hydrogens (tertiary/aromatic N) is 2. The van der Waals surface area contributed by atoms with Crippen LogP contribution in [0.4, 0.5) is 4.79 Å². The summed E-state index contributed by atoms with van der Waals surface area (Å²) >= 11 is 2.75. The first-order chi connectivity index (χ1) is 14.8. The van der Waals surface area contributed by atoms with Crippen molar-refractivity contribution in [1.82, 2.24) is 9.80 Å². The summed E-state index contributed by atoms with van der Waals surface area (Å²) in [6, 6.07) is 3.28. The molecular formula is C20H21IN2O7S. The van der Waals surface area contributed by atoms with E-state index >= 15 is 0 Å². The zero-order valence-electron chi connectivity index (χ0n) is 16.8. The third-order valence-corrected chi connectivity index (χ3v) is 6.47. The van der Waals surface area contributed by atoms with Crippen molar-refractivity contribution in [2.24, 2.45) is 0 Å². The van der Waals surface area contributed by atoms with Gasteiger partial charge in [0.15, 0.2) is 18.1 Å². The second-order valence-corrected chi connectivity index (χ2v) is 9.08. The molecule has 166 valence electrons. The SMILES string of the molecule is COc1cc(/C=C2\SC(=O)N(CC(=O)N3CCCCC3)C2=O)cc(I)c1OCC(=O)O. The van der Waals surface area contributed by atoms with E-state index in [1.807, 2.05) is 22.6 Å². The van der Waals surface area contributed by atoms with Crippen LogP contribution in [0.3, 0.4) is 0 Å². The Hall–Kier alpha value is -2.28. The molecule has 0 unspecified atom stereocenters. The van der Waals surface area contributed by atoms with Gasteiger partial charge < -0.3 is 19.5 Å². The predicted octanol–water partition coefficient (Wildman–Crippen LogP) is 2.81. The molecule has 0 bridgehead atoms. The molecule has 1 aromatic carbocycles. The highest BCUT2D eigenvalue weighted by molar-refractivity contribution is 14.1. The third kappa shape index (κ3) is 5.70. The molecule has 1 aromatic rings. The molecule has 0 atom stereocenters. The van der Waals surface area contributed by atoms with Gasteiger partial charge in [-0.1, -0.05) is 0 Å². The minimum atomic E-state index is -1.12. The number of methoxy groups -OCH3 is 1. The monoisotopic (exact) mass is 560 g/mol. The summed E-state index contributed by atoms with van der Waals surface area (Å²) in [7, 11) is 1.42. The van der Waals surface area contributed by atoms with E-state index < -0.39 is 23.7 Å². The molecule has 2 heterocycles. The van der Waals surface area contributed by atoms with Crippen molar-refractivity contribution < 1.29 is 33.8 Å². The minimum absolute atomic E-state index is 0.202. The van der Waals surface area contributed by atoms with Gasteiger partial charge in [-0.05, 0) is 77.4 Å². The molecule has 9 nitrogen and oxygen atoms in total. The van der Waals surface area contributed by atoms with E-state index in [1.165, 1.54) is 7.11 Å². The number of benzene rings is 1. The second kappa shape index (κ2) is 10.4. The summed E-state index contributed by atoms with van der Waals surface area (Å²) in [4.78, 5) is 51.2. The largest absolute Gasteiger partial charge is 0.493 e. The van der Waals surface area contributed by atoms with Crippen molar-refractivity contribution in [3.63, 3.8) is 0 Å². The van der Waals surface area contributed by atoms with Gasteiger partial charge >= 0.3 is 5.97 Å².